The second-order valence-corrected chi connectivity index (χ2v) is 6.46. The smallest absolute Gasteiger partial charge is 0.337 e. The number of aromatic nitrogens is 1. The zero-order valence-electron chi connectivity index (χ0n) is 15.4. The minimum atomic E-state index is -0.416. The predicted molar refractivity (Wildman–Crippen MR) is 107 cm³/mol. The van der Waals surface area contributed by atoms with Crippen LogP contribution in [0.5, 0.6) is 0 Å². The van der Waals surface area contributed by atoms with E-state index >= 15 is 0 Å². The minimum absolute atomic E-state index is 0.258. The first-order valence-electron chi connectivity index (χ1n) is 8.97. The number of amides is 1. The highest BCUT2D eigenvalue weighted by Crippen LogP contribution is 2.33. The van der Waals surface area contributed by atoms with E-state index in [0.717, 1.165) is 24.5 Å². The highest BCUT2D eigenvalue weighted by molar-refractivity contribution is 6.04. The molecule has 3 aromatic rings. The van der Waals surface area contributed by atoms with Crippen LogP contribution in [0.3, 0.4) is 0 Å². The molecule has 0 bridgehead atoms. The van der Waals surface area contributed by atoms with Crippen LogP contribution in [0.2, 0.25) is 0 Å². The average molecular weight is 373 g/mol. The lowest BCUT2D eigenvalue weighted by atomic mass is 10.2. The Morgan fingerprint density at radius 2 is 1.75 bits per heavy atom. The molecule has 28 heavy (non-hydrogen) atoms. The molecular formula is C22H19N3O3. The van der Waals surface area contributed by atoms with Crippen LogP contribution in [0.4, 0.5) is 17.2 Å². The molecule has 0 fully saturated rings. The summed E-state index contributed by atoms with van der Waals surface area (Å²) < 4.78 is 4.66. The number of anilines is 3. The lowest BCUT2D eigenvalue weighted by molar-refractivity contribution is 0.0600. The predicted octanol–water partition coefficient (Wildman–Crippen LogP) is 3.81. The van der Waals surface area contributed by atoms with Gasteiger partial charge >= 0.3 is 5.97 Å². The van der Waals surface area contributed by atoms with Crippen LogP contribution in [0.15, 0.2) is 66.9 Å². The SMILES string of the molecule is COC(=O)c1ccc(NC(=O)c2ccc(N3CCc4ccccc43)nc2)cc1. The number of methoxy groups -OCH3 is 1. The molecule has 2 aromatic carbocycles. The van der Waals surface area contributed by atoms with Crippen molar-refractivity contribution in [3.63, 3.8) is 0 Å². The summed E-state index contributed by atoms with van der Waals surface area (Å²) in [7, 11) is 1.33. The number of nitrogens with zero attached hydrogens (tertiary/aromatic N) is 2. The molecule has 1 N–H and O–H groups in total. The van der Waals surface area contributed by atoms with Gasteiger partial charge in [-0.1, -0.05) is 18.2 Å². The first-order chi connectivity index (χ1) is 13.7. The maximum atomic E-state index is 12.5. The molecule has 1 aliphatic heterocycles. The molecular weight excluding hydrogens is 354 g/mol. The lowest BCUT2D eigenvalue weighted by Crippen LogP contribution is -2.16. The van der Waals surface area contributed by atoms with Gasteiger partial charge in [0.25, 0.3) is 5.91 Å². The molecule has 4 rings (SSSR count). The fraction of sp³-hybridized carbons (Fsp3) is 0.136. The second-order valence-electron chi connectivity index (χ2n) is 6.46. The van der Waals surface area contributed by atoms with Crippen molar-refractivity contribution in [3.8, 4) is 0 Å². The number of hydrogen-bond acceptors (Lipinski definition) is 5. The molecule has 6 heteroatoms. The normalized spacial score (nSPS) is 12.4. The van der Waals surface area contributed by atoms with Gasteiger partial charge in [0.15, 0.2) is 0 Å². The molecule has 1 aromatic heterocycles. The number of ether oxygens (including phenoxy) is 1. The lowest BCUT2D eigenvalue weighted by Gasteiger charge is -2.18. The number of nitrogens with one attached hydrogen (secondary N) is 1. The third kappa shape index (κ3) is 3.44. The Labute approximate surface area is 162 Å². The quantitative estimate of drug-likeness (QED) is 0.704. The van der Waals surface area contributed by atoms with Gasteiger partial charge in [-0.3, -0.25) is 4.79 Å². The topological polar surface area (TPSA) is 71.5 Å². The highest BCUT2D eigenvalue weighted by atomic mass is 16.5. The largest absolute Gasteiger partial charge is 0.465 e. The van der Waals surface area contributed by atoms with E-state index < -0.39 is 5.97 Å². The maximum absolute atomic E-state index is 12.5. The Balaban J connectivity index is 1.45. The van der Waals surface area contributed by atoms with Gasteiger partial charge in [0.1, 0.15) is 5.82 Å². The number of hydrogen-bond donors (Lipinski definition) is 1. The summed E-state index contributed by atoms with van der Waals surface area (Å²) in [6.45, 7) is 0.879. The molecule has 1 aliphatic rings. The van der Waals surface area contributed by atoms with Crippen molar-refractivity contribution in [2.24, 2.45) is 0 Å². The molecule has 0 unspecified atom stereocenters. The number of pyridine rings is 1. The van der Waals surface area contributed by atoms with Gasteiger partial charge in [-0.05, 0) is 54.4 Å². The van der Waals surface area contributed by atoms with Gasteiger partial charge in [-0.25, -0.2) is 9.78 Å². The Kier molecular flexibility index (Phi) is 4.76. The van der Waals surface area contributed by atoms with E-state index in [0.29, 0.717) is 16.8 Å². The molecule has 0 aliphatic carbocycles. The summed E-state index contributed by atoms with van der Waals surface area (Å²) >= 11 is 0. The fourth-order valence-electron chi connectivity index (χ4n) is 3.27. The van der Waals surface area contributed by atoms with Crippen molar-refractivity contribution in [3.05, 3.63) is 83.6 Å². The molecule has 6 nitrogen and oxygen atoms in total. The number of carbonyl (C=O) groups excluding carboxylic acids is 2. The molecule has 0 atom stereocenters. The van der Waals surface area contributed by atoms with Gasteiger partial charge in [0.05, 0.1) is 18.2 Å². The Morgan fingerprint density at radius 3 is 2.46 bits per heavy atom. The molecule has 2 heterocycles. The van der Waals surface area contributed by atoms with Crippen molar-refractivity contribution in [2.75, 3.05) is 23.9 Å². The summed E-state index contributed by atoms with van der Waals surface area (Å²) in [5.41, 5.74) is 3.96. The number of carbonyl (C=O) groups is 2. The van der Waals surface area contributed by atoms with Gasteiger partial charge in [-0.2, -0.15) is 0 Å². The number of esters is 1. The second kappa shape index (κ2) is 7.52. The van der Waals surface area contributed by atoms with Crippen LogP contribution in [-0.2, 0) is 11.2 Å². The van der Waals surface area contributed by atoms with Crippen molar-refractivity contribution < 1.29 is 14.3 Å². The number of fused-ring (bicyclic) bond motifs is 1. The van der Waals surface area contributed by atoms with Gasteiger partial charge < -0.3 is 15.0 Å². The third-order valence-electron chi connectivity index (χ3n) is 4.74. The molecule has 1 amide bonds. The maximum Gasteiger partial charge on any atom is 0.337 e. The summed E-state index contributed by atoms with van der Waals surface area (Å²) in [6.07, 6.45) is 2.57. The summed E-state index contributed by atoms with van der Waals surface area (Å²) in [5, 5.41) is 2.80. The van der Waals surface area contributed by atoms with E-state index in [1.54, 1.807) is 36.5 Å². The van der Waals surface area contributed by atoms with Gasteiger partial charge in [0, 0.05) is 24.1 Å². The van der Waals surface area contributed by atoms with E-state index in [4.69, 9.17) is 0 Å². The Hall–Kier alpha value is -3.67. The Morgan fingerprint density at radius 1 is 1.00 bits per heavy atom. The third-order valence-corrected chi connectivity index (χ3v) is 4.74. The van der Waals surface area contributed by atoms with Crippen molar-refractivity contribution in [2.45, 2.75) is 6.42 Å². The van der Waals surface area contributed by atoms with E-state index in [2.05, 4.69) is 32.1 Å². The fourth-order valence-corrected chi connectivity index (χ4v) is 3.27. The zero-order chi connectivity index (χ0) is 19.5. The van der Waals surface area contributed by atoms with E-state index in [9.17, 15) is 9.59 Å². The number of rotatable bonds is 4. The molecule has 140 valence electrons. The van der Waals surface area contributed by atoms with Crippen LogP contribution >= 0.6 is 0 Å². The number of para-hydroxylation sites is 1. The van der Waals surface area contributed by atoms with E-state index in [1.807, 2.05) is 18.2 Å². The molecule has 0 saturated heterocycles. The first kappa shape index (κ1) is 17.7. The van der Waals surface area contributed by atoms with Crippen LogP contribution in [-0.4, -0.2) is 30.5 Å². The monoisotopic (exact) mass is 373 g/mol. The average Bonchev–Trinajstić information content (AvgIpc) is 3.18. The minimum Gasteiger partial charge on any atom is -0.465 e. The highest BCUT2D eigenvalue weighted by Gasteiger charge is 2.20. The summed E-state index contributed by atoms with van der Waals surface area (Å²) in [4.78, 5) is 30.6. The number of benzene rings is 2. The molecule has 0 radical (unpaired) electrons. The van der Waals surface area contributed by atoms with E-state index in [-0.39, 0.29) is 5.91 Å². The van der Waals surface area contributed by atoms with Crippen LogP contribution in [0.1, 0.15) is 26.3 Å². The van der Waals surface area contributed by atoms with Gasteiger partial charge in [0.2, 0.25) is 0 Å². The zero-order valence-corrected chi connectivity index (χ0v) is 15.4. The van der Waals surface area contributed by atoms with Crippen molar-refractivity contribution in [1.82, 2.24) is 4.98 Å². The molecule has 0 spiro atoms. The standard InChI is InChI=1S/C22H19N3O3/c1-28-22(27)16-6-9-18(10-7-16)24-21(26)17-8-11-20(23-14-17)25-13-12-15-4-2-3-5-19(15)25/h2-11,14H,12-13H2,1H3,(H,24,26). The van der Waals surface area contributed by atoms with Crippen LogP contribution < -0.4 is 10.2 Å². The van der Waals surface area contributed by atoms with Crippen molar-refractivity contribution >= 4 is 29.1 Å². The van der Waals surface area contributed by atoms with E-state index in [1.165, 1.54) is 12.7 Å². The summed E-state index contributed by atoms with van der Waals surface area (Å²) in [6, 6.07) is 18.4. The summed E-state index contributed by atoms with van der Waals surface area (Å²) in [5.74, 6) is 0.150. The van der Waals surface area contributed by atoms with Crippen molar-refractivity contribution in [1.29, 1.82) is 0 Å². The molecule has 0 saturated carbocycles. The van der Waals surface area contributed by atoms with Crippen LogP contribution in [0.25, 0.3) is 0 Å². The van der Waals surface area contributed by atoms with Crippen LogP contribution in [0, 0.1) is 0 Å². The van der Waals surface area contributed by atoms with Gasteiger partial charge in [-0.15, -0.1) is 0 Å². The Bertz CT molecular complexity index is 1010. The first-order valence-corrected chi connectivity index (χ1v) is 8.97.